The van der Waals surface area contributed by atoms with E-state index in [4.69, 9.17) is 0 Å². The van der Waals surface area contributed by atoms with E-state index in [1.165, 1.54) is 0 Å². The van der Waals surface area contributed by atoms with E-state index in [-0.39, 0.29) is 5.75 Å². The molecule has 0 spiro atoms. The van der Waals surface area contributed by atoms with Gasteiger partial charge in [0.05, 0.1) is 16.6 Å². The summed E-state index contributed by atoms with van der Waals surface area (Å²) in [5.74, 6) is 0.984. The number of fused-ring (bicyclic) bond motifs is 2. The van der Waals surface area contributed by atoms with Crippen molar-refractivity contribution >= 4 is 21.9 Å². The van der Waals surface area contributed by atoms with Crippen molar-refractivity contribution < 1.29 is 5.11 Å². The Morgan fingerprint density at radius 1 is 0.840 bits per heavy atom. The Morgan fingerprint density at radius 3 is 2.56 bits per heavy atom. The molecule has 120 valence electrons. The first kappa shape index (κ1) is 13.8. The van der Waals surface area contributed by atoms with Crippen molar-refractivity contribution in [2.45, 2.75) is 0 Å². The molecule has 5 aromatic rings. The molecule has 2 aromatic heterocycles. The molecule has 25 heavy (non-hydrogen) atoms. The van der Waals surface area contributed by atoms with Crippen LogP contribution in [0.2, 0.25) is 0 Å². The number of H-pyrrole nitrogens is 2. The summed E-state index contributed by atoms with van der Waals surface area (Å²) in [7, 11) is 0. The second kappa shape index (κ2) is 5.21. The van der Waals surface area contributed by atoms with Crippen LogP contribution in [-0.4, -0.2) is 25.3 Å². The molecule has 0 atom stereocenters. The first-order valence-corrected chi connectivity index (χ1v) is 8.01. The Kier molecular flexibility index (Phi) is 2.87. The molecule has 0 aliphatic rings. The number of aromatic hydroxyl groups is 1. The summed E-state index contributed by atoms with van der Waals surface area (Å²) in [5.41, 5.74) is 5.31. The van der Waals surface area contributed by atoms with E-state index < -0.39 is 0 Å². The maximum Gasteiger partial charge on any atom is 0.159 e. The molecule has 3 N–H and O–H groups in total. The Hall–Kier alpha value is -3.60. The van der Waals surface area contributed by atoms with Gasteiger partial charge in [-0.15, -0.1) is 0 Å². The molecule has 0 saturated carbocycles. The number of para-hydroxylation sites is 3. The SMILES string of the molecule is Oc1ccccc1-c1ccc2[nH]nc(-c3nc4ccccc4[nH]3)c2c1. The minimum atomic E-state index is 0.260. The molecule has 0 radical (unpaired) electrons. The normalized spacial score (nSPS) is 11.4. The van der Waals surface area contributed by atoms with Gasteiger partial charge in [0.1, 0.15) is 11.4 Å². The second-order valence-electron chi connectivity index (χ2n) is 5.95. The number of hydrogen-bond donors (Lipinski definition) is 3. The molecule has 0 saturated heterocycles. The molecule has 5 nitrogen and oxygen atoms in total. The predicted molar refractivity (Wildman–Crippen MR) is 98.3 cm³/mol. The van der Waals surface area contributed by atoms with Crippen molar-refractivity contribution in [2.24, 2.45) is 0 Å². The van der Waals surface area contributed by atoms with Crippen LogP contribution in [0.15, 0.2) is 66.7 Å². The van der Waals surface area contributed by atoms with Crippen LogP contribution in [0.25, 0.3) is 44.6 Å². The smallest absolute Gasteiger partial charge is 0.159 e. The van der Waals surface area contributed by atoms with Gasteiger partial charge >= 0.3 is 0 Å². The molecule has 0 unspecified atom stereocenters. The summed E-state index contributed by atoms with van der Waals surface area (Å²) in [6.07, 6.45) is 0. The lowest BCUT2D eigenvalue weighted by Gasteiger charge is -2.04. The van der Waals surface area contributed by atoms with E-state index in [9.17, 15) is 5.11 Å². The Morgan fingerprint density at radius 2 is 1.68 bits per heavy atom. The van der Waals surface area contributed by atoms with E-state index in [0.29, 0.717) is 0 Å². The molecule has 0 amide bonds. The predicted octanol–water partition coefficient (Wildman–Crippen LogP) is 4.48. The minimum absolute atomic E-state index is 0.260. The lowest BCUT2D eigenvalue weighted by molar-refractivity contribution is 0.477. The highest BCUT2D eigenvalue weighted by atomic mass is 16.3. The van der Waals surface area contributed by atoms with Gasteiger partial charge in [0, 0.05) is 10.9 Å². The number of phenols is 1. The van der Waals surface area contributed by atoms with Gasteiger partial charge in [-0.05, 0) is 35.9 Å². The van der Waals surface area contributed by atoms with Gasteiger partial charge in [0.15, 0.2) is 5.82 Å². The molecule has 0 aliphatic carbocycles. The number of nitrogens with zero attached hydrogens (tertiary/aromatic N) is 2. The van der Waals surface area contributed by atoms with Gasteiger partial charge in [-0.1, -0.05) is 36.4 Å². The molecule has 2 heterocycles. The van der Waals surface area contributed by atoms with Crippen molar-refractivity contribution in [2.75, 3.05) is 0 Å². The zero-order valence-corrected chi connectivity index (χ0v) is 13.2. The number of aromatic nitrogens is 4. The number of nitrogens with one attached hydrogen (secondary N) is 2. The highest BCUT2D eigenvalue weighted by molar-refractivity contribution is 5.96. The molecule has 5 rings (SSSR count). The van der Waals surface area contributed by atoms with Gasteiger partial charge in [0.2, 0.25) is 0 Å². The van der Waals surface area contributed by atoms with Gasteiger partial charge < -0.3 is 10.1 Å². The quantitative estimate of drug-likeness (QED) is 0.447. The van der Waals surface area contributed by atoms with Crippen LogP contribution >= 0.6 is 0 Å². The van der Waals surface area contributed by atoms with Crippen LogP contribution in [0.4, 0.5) is 0 Å². The van der Waals surface area contributed by atoms with Crippen molar-refractivity contribution in [3.63, 3.8) is 0 Å². The lowest BCUT2D eigenvalue weighted by Crippen LogP contribution is -1.83. The Bertz CT molecular complexity index is 1190. The monoisotopic (exact) mass is 326 g/mol. The van der Waals surface area contributed by atoms with Crippen LogP contribution in [-0.2, 0) is 0 Å². The van der Waals surface area contributed by atoms with E-state index in [0.717, 1.165) is 44.6 Å². The maximum absolute atomic E-state index is 10.1. The summed E-state index contributed by atoms with van der Waals surface area (Å²) in [4.78, 5) is 7.96. The number of benzene rings is 3. The first-order valence-electron chi connectivity index (χ1n) is 8.01. The molecular weight excluding hydrogens is 312 g/mol. The Balaban J connectivity index is 1.71. The van der Waals surface area contributed by atoms with Gasteiger partial charge in [-0.2, -0.15) is 5.10 Å². The average molecular weight is 326 g/mol. The fourth-order valence-corrected chi connectivity index (χ4v) is 3.14. The third-order valence-electron chi connectivity index (χ3n) is 4.39. The second-order valence-corrected chi connectivity index (χ2v) is 5.95. The summed E-state index contributed by atoms with van der Waals surface area (Å²) >= 11 is 0. The van der Waals surface area contributed by atoms with Crippen LogP contribution < -0.4 is 0 Å². The third kappa shape index (κ3) is 2.17. The van der Waals surface area contributed by atoms with E-state index in [1.807, 2.05) is 60.7 Å². The molecule has 0 fully saturated rings. The topological polar surface area (TPSA) is 77.6 Å². The highest BCUT2D eigenvalue weighted by Gasteiger charge is 2.14. The summed E-state index contributed by atoms with van der Waals surface area (Å²) in [6.45, 7) is 0. The third-order valence-corrected chi connectivity index (χ3v) is 4.39. The van der Waals surface area contributed by atoms with Crippen LogP contribution in [0.3, 0.4) is 0 Å². The molecular formula is C20H14N4O. The zero-order valence-electron chi connectivity index (χ0n) is 13.2. The molecule has 0 aliphatic heterocycles. The van der Waals surface area contributed by atoms with Gasteiger partial charge in [0.25, 0.3) is 0 Å². The fourth-order valence-electron chi connectivity index (χ4n) is 3.14. The van der Waals surface area contributed by atoms with Crippen LogP contribution in [0.1, 0.15) is 0 Å². The molecule has 0 bridgehead atoms. The van der Waals surface area contributed by atoms with Gasteiger partial charge in [-0.3, -0.25) is 5.10 Å². The van der Waals surface area contributed by atoms with Crippen molar-refractivity contribution in [1.82, 2.24) is 20.2 Å². The number of hydrogen-bond acceptors (Lipinski definition) is 3. The van der Waals surface area contributed by atoms with E-state index >= 15 is 0 Å². The van der Waals surface area contributed by atoms with E-state index in [2.05, 4.69) is 20.2 Å². The summed E-state index contributed by atoms with van der Waals surface area (Å²) < 4.78 is 0. The van der Waals surface area contributed by atoms with Crippen molar-refractivity contribution in [1.29, 1.82) is 0 Å². The van der Waals surface area contributed by atoms with Crippen molar-refractivity contribution in [3.05, 3.63) is 66.7 Å². The minimum Gasteiger partial charge on any atom is -0.507 e. The first-order chi connectivity index (χ1) is 12.3. The standard InChI is InChI=1S/C20H14N4O/c25-18-8-4-1-5-13(18)12-9-10-15-14(11-12)19(24-23-15)20-21-16-6-2-3-7-17(16)22-20/h1-11,25H,(H,21,22)(H,23,24). The molecule has 5 heteroatoms. The largest absolute Gasteiger partial charge is 0.507 e. The number of imidazole rings is 1. The van der Waals surface area contributed by atoms with Crippen molar-refractivity contribution in [3.8, 4) is 28.4 Å². The number of phenolic OH excluding ortho intramolecular Hbond substituents is 1. The fraction of sp³-hybridized carbons (Fsp3) is 0. The maximum atomic E-state index is 10.1. The van der Waals surface area contributed by atoms with Crippen LogP contribution in [0.5, 0.6) is 5.75 Å². The Labute approximate surface area is 143 Å². The zero-order chi connectivity index (χ0) is 16.8. The lowest BCUT2D eigenvalue weighted by atomic mass is 10.0. The summed E-state index contributed by atoms with van der Waals surface area (Å²) in [6, 6.07) is 21.2. The van der Waals surface area contributed by atoms with E-state index in [1.54, 1.807) is 6.07 Å². The highest BCUT2D eigenvalue weighted by Crippen LogP contribution is 2.33. The molecule has 3 aromatic carbocycles. The average Bonchev–Trinajstić information content (AvgIpc) is 3.25. The summed E-state index contributed by atoms with van der Waals surface area (Å²) in [5, 5.41) is 18.6. The number of rotatable bonds is 2. The van der Waals surface area contributed by atoms with Crippen LogP contribution in [0, 0.1) is 0 Å². The number of aromatic amines is 2. The van der Waals surface area contributed by atoms with Gasteiger partial charge in [-0.25, -0.2) is 4.98 Å².